The number of thioether (sulfide) groups is 1. The molecule has 2 nitrogen and oxygen atoms in total. The minimum Gasteiger partial charge on any atom is -0.335 e. The van der Waals surface area contributed by atoms with Crippen LogP contribution in [0.4, 0.5) is 5.69 Å². The molecule has 0 radical (unpaired) electrons. The van der Waals surface area contributed by atoms with Gasteiger partial charge in [-0.15, -0.1) is 0 Å². The number of aryl methyl sites for hydroxylation is 1. The van der Waals surface area contributed by atoms with Gasteiger partial charge in [0.05, 0.1) is 6.04 Å². The van der Waals surface area contributed by atoms with Crippen LogP contribution in [0.5, 0.6) is 0 Å². The summed E-state index contributed by atoms with van der Waals surface area (Å²) in [5, 5.41) is 5.20. The number of benzene rings is 1. The molecule has 4 heteroatoms. The van der Waals surface area contributed by atoms with Crippen LogP contribution < -0.4 is 5.32 Å². The first-order valence-electron chi connectivity index (χ1n) is 6.28. The molecule has 2 rings (SSSR count). The van der Waals surface area contributed by atoms with E-state index >= 15 is 0 Å². The summed E-state index contributed by atoms with van der Waals surface area (Å²) in [6.07, 6.45) is 1.16. The molecule has 0 amide bonds. The van der Waals surface area contributed by atoms with E-state index in [2.05, 4.69) is 26.1 Å². The molecule has 0 saturated heterocycles. The number of aliphatic imine (C=N–C) groups is 1. The second kappa shape index (κ2) is 5.98. The van der Waals surface area contributed by atoms with Crippen molar-refractivity contribution in [1.29, 1.82) is 0 Å². The fourth-order valence-electron chi connectivity index (χ4n) is 2.03. The molecular weight excluding hydrogens is 264 g/mol. The lowest BCUT2D eigenvalue weighted by molar-refractivity contribution is 0.529. The first-order valence-corrected chi connectivity index (χ1v) is 7.64. The third kappa shape index (κ3) is 3.66. The maximum absolute atomic E-state index is 5.95. The van der Waals surface area contributed by atoms with Crippen LogP contribution in [-0.4, -0.2) is 17.0 Å². The molecule has 98 valence electrons. The van der Waals surface area contributed by atoms with Crippen LogP contribution in [0.2, 0.25) is 5.02 Å². The van der Waals surface area contributed by atoms with Gasteiger partial charge in [0.15, 0.2) is 5.17 Å². The molecule has 1 N–H and O–H groups in total. The van der Waals surface area contributed by atoms with E-state index in [0.717, 1.165) is 33.6 Å². The summed E-state index contributed by atoms with van der Waals surface area (Å²) in [5.74, 6) is 1.80. The Hall–Kier alpha value is -0.670. The number of amidine groups is 1. The predicted molar refractivity (Wildman–Crippen MR) is 82.9 cm³/mol. The highest BCUT2D eigenvalue weighted by atomic mass is 35.5. The van der Waals surface area contributed by atoms with Gasteiger partial charge in [-0.25, -0.2) is 0 Å². The standard InChI is InChI=1S/C14H19ClN2S/c1-9(2)6-12-8-18-14(16-12)17-13-5-4-11(15)7-10(13)3/h4-5,7,9,12H,6,8H2,1-3H3,(H,16,17)/t12-/m0/s1. The summed E-state index contributed by atoms with van der Waals surface area (Å²) < 4.78 is 0. The summed E-state index contributed by atoms with van der Waals surface area (Å²) >= 11 is 7.76. The van der Waals surface area contributed by atoms with E-state index in [9.17, 15) is 0 Å². The number of hydrogen-bond acceptors (Lipinski definition) is 3. The molecule has 0 spiro atoms. The Kier molecular flexibility index (Phi) is 4.57. The van der Waals surface area contributed by atoms with Crippen molar-refractivity contribution in [2.24, 2.45) is 10.9 Å². The molecule has 0 fully saturated rings. The average molecular weight is 283 g/mol. The number of rotatable bonds is 3. The molecule has 1 heterocycles. The second-order valence-corrected chi connectivity index (χ2v) is 6.56. The Bertz CT molecular complexity index is 457. The third-order valence-corrected chi connectivity index (χ3v) is 4.15. The van der Waals surface area contributed by atoms with E-state index in [1.54, 1.807) is 11.8 Å². The van der Waals surface area contributed by atoms with Gasteiger partial charge in [0, 0.05) is 16.5 Å². The second-order valence-electron chi connectivity index (χ2n) is 5.11. The van der Waals surface area contributed by atoms with Gasteiger partial charge in [-0.2, -0.15) is 0 Å². The first kappa shape index (κ1) is 13.8. The molecule has 1 atom stereocenters. The quantitative estimate of drug-likeness (QED) is 0.878. The topological polar surface area (TPSA) is 24.4 Å². The molecule has 1 aromatic rings. The Morgan fingerprint density at radius 2 is 2.28 bits per heavy atom. The zero-order valence-corrected chi connectivity index (χ0v) is 12.6. The predicted octanol–water partition coefficient (Wildman–Crippen LogP) is 4.58. The van der Waals surface area contributed by atoms with Crippen LogP contribution in [0.25, 0.3) is 0 Å². The summed E-state index contributed by atoms with van der Waals surface area (Å²) in [6, 6.07) is 6.35. The van der Waals surface area contributed by atoms with Gasteiger partial charge in [0.1, 0.15) is 0 Å². The summed E-state index contributed by atoms with van der Waals surface area (Å²) in [5.41, 5.74) is 2.24. The minimum absolute atomic E-state index is 0.463. The van der Waals surface area contributed by atoms with Crippen LogP contribution in [0.1, 0.15) is 25.8 Å². The van der Waals surface area contributed by atoms with Crippen molar-refractivity contribution in [1.82, 2.24) is 0 Å². The molecule has 0 aliphatic carbocycles. The number of nitrogens with one attached hydrogen (secondary N) is 1. The van der Waals surface area contributed by atoms with E-state index in [1.807, 2.05) is 18.2 Å². The molecule has 0 aromatic heterocycles. The van der Waals surface area contributed by atoms with E-state index in [-0.39, 0.29) is 0 Å². The molecule has 1 aromatic carbocycles. The number of nitrogens with zero attached hydrogens (tertiary/aromatic N) is 1. The number of anilines is 1. The minimum atomic E-state index is 0.463. The zero-order chi connectivity index (χ0) is 13.1. The number of halogens is 1. The molecular formula is C14H19ClN2S. The highest BCUT2D eigenvalue weighted by Crippen LogP contribution is 2.26. The van der Waals surface area contributed by atoms with Crippen molar-refractivity contribution >= 4 is 34.2 Å². The lowest BCUT2D eigenvalue weighted by atomic mass is 10.1. The Balaban J connectivity index is 2.02. The monoisotopic (exact) mass is 282 g/mol. The largest absolute Gasteiger partial charge is 0.335 e. The van der Waals surface area contributed by atoms with Gasteiger partial charge in [0.25, 0.3) is 0 Å². The summed E-state index contributed by atoms with van der Waals surface area (Å²) in [7, 11) is 0. The fourth-order valence-corrected chi connectivity index (χ4v) is 3.22. The Morgan fingerprint density at radius 3 is 2.94 bits per heavy atom. The van der Waals surface area contributed by atoms with Crippen molar-refractivity contribution in [2.45, 2.75) is 33.2 Å². The summed E-state index contributed by atoms with van der Waals surface area (Å²) in [4.78, 5) is 4.72. The highest BCUT2D eigenvalue weighted by molar-refractivity contribution is 8.14. The lowest BCUT2D eigenvalue weighted by Crippen LogP contribution is -2.08. The van der Waals surface area contributed by atoms with E-state index in [4.69, 9.17) is 16.6 Å². The molecule has 0 saturated carbocycles. The summed E-state index contributed by atoms with van der Waals surface area (Å²) in [6.45, 7) is 6.55. The van der Waals surface area contributed by atoms with Crippen LogP contribution in [0.15, 0.2) is 23.2 Å². The maximum atomic E-state index is 5.95. The van der Waals surface area contributed by atoms with Gasteiger partial charge < -0.3 is 5.32 Å². The van der Waals surface area contributed by atoms with Crippen LogP contribution in [0.3, 0.4) is 0 Å². The molecule has 18 heavy (non-hydrogen) atoms. The molecule has 1 aliphatic rings. The third-order valence-electron chi connectivity index (χ3n) is 2.89. The van der Waals surface area contributed by atoms with Crippen LogP contribution in [-0.2, 0) is 0 Å². The van der Waals surface area contributed by atoms with Gasteiger partial charge in [-0.05, 0) is 43.0 Å². The fraction of sp³-hybridized carbons (Fsp3) is 0.500. The van der Waals surface area contributed by atoms with Crippen molar-refractivity contribution in [3.05, 3.63) is 28.8 Å². The van der Waals surface area contributed by atoms with E-state index in [0.29, 0.717) is 12.0 Å². The van der Waals surface area contributed by atoms with Crippen molar-refractivity contribution in [3.8, 4) is 0 Å². The molecule has 1 aliphatic heterocycles. The first-order chi connectivity index (χ1) is 8.54. The van der Waals surface area contributed by atoms with Crippen LogP contribution in [0, 0.1) is 12.8 Å². The Labute approximate surface area is 118 Å². The zero-order valence-electron chi connectivity index (χ0n) is 11.0. The van der Waals surface area contributed by atoms with Gasteiger partial charge in [-0.1, -0.05) is 37.2 Å². The Morgan fingerprint density at radius 1 is 1.50 bits per heavy atom. The molecule has 0 unspecified atom stereocenters. The van der Waals surface area contributed by atoms with Crippen LogP contribution >= 0.6 is 23.4 Å². The SMILES string of the molecule is Cc1cc(Cl)ccc1NC1=N[C@@H](CC(C)C)CS1. The van der Waals surface area contributed by atoms with Gasteiger partial charge in [-0.3, -0.25) is 4.99 Å². The smallest absolute Gasteiger partial charge is 0.161 e. The van der Waals surface area contributed by atoms with E-state index in [1.165, 1.54) is 0 Å². The average Bonchev–Trinajstić information content (AvgIpc) is 2.69. The molecule has 0 bridgehead atoms. The number of hydrogen-bond donors (Lipinski definition) is 1. The van der Waals surface area contributed by atoms with E-state index < -0.39 is 0 Å². The maximum Gasteiger partial charge on any atom is 0.161 e. The van der Waals surface area contributed by atoms with Crippen molar-refractivity contribution in [3.63, 3.8) is 0 Å². The van der Waals surface area contributed by atoms with Crippen molar-refractivity contribution < 1.29 is 0 Å². The van der Waals surface area contributed by atoms with Gasteiger partial charge >= 0.3 is 0 Å². The highest BCUT2D eigenvalue weighted by Gasteiger charge is 2.19. The normalized spacial score (nSPS) is 19.2. The van der Waals surface area contributed by atoms with Crippen molar-refractivity contribution in [2.75, 3.05) is 11.1 Å². The lowest BCUT2D eigenvalue weighted by Gasteiger charge is -2.09. The van der Waals surface area contributed by atoms with Gasteiger partial charge in [0.2, 0.25) is 0 Å².